The Morgan fingerprint density at radius 2 is 1.47 bits per heavy atom. The van der Waals surface area contributed by atoms with Crippen LogP contribution >= 0.6 is 0 Å². The van der Waals surface area contributed by atoms with Crippen LogP contribution in [-0.4, -0.2) is 31.0 Å². The lowest BCUT2D eigenvalue weighted by molar-refractivity contribution is 0.481. The second-order valence-electron chi connectivity index (χ2n) is 7.79. The molecule has 0 saturated heterocycles. The van der Waals surface area contributed by atoms with Gasteiger partial charge in [0.2, 0.25) is 0 Å². The van der Waals surface area contributed by atoms with Crippen LogP contribution in [0.4, 0.5) is 17.1 Å². The summed E-state index contributed by atoms with van der Waals surface area (Å²) in [4.78, 5) is -1.20. The van der Waals surface area contributed by atoms with E-state index in [-0.39, 0.29) is 27.9 Å². The van der Waals surface area contributed by atoms with Crippen LogP contribution in [0.15, 0.2) is 68.6 Å². The van der Waals surface area contributed by atoms with E-state index in [0.29, 0.717) is 27.6 Å². The van der Waals surface area contributed by atoms with Crippen molar-refractivity contribution in [2.24, 2.45) is 10.2 Å². The number of rotatable bonds is 4. The van der Waals surface area contributed by atoms with Crippen molar-refractivity contribution < 1.29 is 31.0 Å². The monoisotopic (exact) mass is 501 g/mol. The van der Waals surface area contributed by atoms with Crippen molar-refractivity contribution in [1.82, 2.24) is 0 Å². The van der Waals surface area contributed by atoms with Crippen molar-refractivity contribution in [3.8, 4) is 5.75 Å². The zero-order chi connectivity index (χ0) is 25.0. The minimum Gasteiger partial charge on any atom is -0.505 e. The Hall–Kier alpha value is -3.58. The van der Waals surface area contributed by atoms with Gasteiger partial charge in [0, 0.05) is 21.8 Å². The first kappa shape index (κ1) is 23.6. The number of nitrogens with two attached hydrogens (primary N) is 1. The molecule has 0 saturated carbocycles. The number of aryl methyl sites for hydroxylation is 2. The first-order valence-electron chi connectivity index (χ1n) is 9.73. The van der Waals surface area contributed by atoms with Gasteiger partial charge in [-0.3, -0.25) is 9.11 Å². The number of phenolic OH excluding ortho intramolecular Hbond substituents is 1. The van der Waals surface area contributed by atoms with E-state index in [2.05, 4.69) is 10.2 Å². The highest BCUT2D eigenvalue weighted by atomic mass is 32.2. The molecule has 0 amide bonds. The van der Waals surface area contributed by atoms with Gasteiger partial charge >= 0.3 is 0 Å². The molecule has 4 rings (SSSR count). The second-order valence-corrected chi connectivity index (χ2v) is 10.5. The highest BCUT2D eigenvalue weighted by molar-refractivity contribution is 7.86. The van der Waals surface area contributed by atoms with Crippen LogP contribution < -0.4 is 5.73 Å². The molecule has 0 aliphatic heterocycles. The van der Waals surface area contributed by atoms with Crippen LogP contribution in [0.1, 0.15) is 11.1 Å². The van der Waals surface area contributed by atoms with Crippen molar-refractivity contribution in [2.45, 2.75) is 23.6 Å². The fourth-order valence-corrected chi connectivity index (χ4v) is 5.44. The number of azo groups is 1. The van der Waals surface area contributed by atoms with Crippen LogP contribution in [0.25, 0.3) is 21.5 Å². The average Bonchev–Trinajstić information content (AvgIpc) is 2.70. The summed E-state index contributed by atoms with van der Waals surface area (Å²) >= 11 is 0. The van der Waals surface area contributed by atoms with Crippen LogP contribution in [0.3, 0.4) is 0 Å². The molecular formula is C22H19N3O7S2. The predicted octanol–water partition coefficient (Wildman–Crippen LogP) is 4.81. The van der Waals surface area contributed by atoms with E-state index >= 15 is 0 Å². The Balaban J connectivity index is 1.99. The third-order valence-corrected chi connectivity index (χ3v) is 7.10. The van der Waals surface area contributed by atoms with E-state index in [1.54, 1.807) is 31.2 Å². The summed E-state index contributed by atoms with van der Waals surface area (Å²) in [5.74, 6) is -0.197. The van der Waals surface area contributed by atoms with E-state index in [1.165, 1.54) is 25.1 Å². The van der Waals surface area contributed by atoms with E-state index in [9.17, 15) is 31.0 Å². The van der Waals surface area contributed by atoms with Crippen LogP contribution in [0.2, 0.25) is 0 Å². The van der Waals surface area contributed by atoms with Crippen molar-refractivity contribution in [1.29, 1.82) is 0 Å². The quantitative estimate of drug-likeness (QED) is 0.175. The molecule has 34 heavy (non-hydrogen) atoms. The maximum absolute atomic E-state index is 12.3. The molecule has 176 valence electrons. The van der Waals surface area contributed by atoms with Gasteiger partial charge in [0.1, 0.15) is 21.2 Å². The second kappa shape index (κ2) is 8.02. The Bertz CT molecular complexity index is 1750. The zero-order valence-corrected chi connectivity index (χ0v) is 19.5. The van der Waals surface area contributed by atoms with Crippen molar-refractivity contribution in [3.63, 3.8) is 0 Å². The number of benzene rings is 4. The van der Waals surface area contributed by atoms with Crippen molar-refractivity contribution >= 4 is 58.8 Å². The first-order valence-corrected chi connectivity index (χ1v) is 12.6. The molecule has 0 atom stereocenters. The molecule has 0 aliphatic carbocycles. The molecule has 4 aromatic carbocycles. The minimum atomic E-state index is -4.91. The van der Waals surface area contributed by atoms with Gasteiger partial charge in [0.05, 0.1) is 0 Å². The van der Waals surface area contributed by atoms with Gasteiger partial charge in [0.25, 0.3) is 20.2 Å². The molecule has 0 fully saturated rings. The summed E-state index contributed by atoms with van der Waals surface area (Å²) in [6, 6.07) is 11.5. The van der Waals surface area contributed by atoms with Gasteiger partial charge in [-0.1, -0.05) is 6.07 Å². The van der Waals surface area contributed by atoms with Crippen LogP contribution in [0.5, 0.6) is 5.75 Å². The number of nitrogens with zero attached hydrogens (tertiary/aromatic N) is 2. The molecule has 0 radical (unpaired) electrons. The molecule has 10 nitrogen and oxygen atoms in total. The summed E-state index contributed by atoms with van der Waals surface area (Å²) in [7, 11) is -9.60. The number of fused-ring (bicyclic) bond motifs is 2. The molecule has 0 aliphatic rings. The zero-order valence-electron chi connectivity index (χ0n) is 17.9. The summed E-state index contributed by atoms with van der Waals surface area (Å²) in [5, 5.41) is 19.5. The number of hydrogen-bond donors (Lipinski definition) is 4. The van der Waals surface area contributed by atoms with Gasteiger partial charge in [-0.15, -0.1) is 10.2 Å². The SMILES string of the molecule is Cc1cc(S(=O)(=O)O)c2ccc(N=Nc3c(C)cc4cc(N)ccc4c3O)c(S(=O)(=O)O)c2c1. The summed E-state index contributed by atoms with van der Waals surface area (Å²) in [5.41, 5.74) is 6.92. The average molecular weight is 502 g/mol. The normalized spacial score (nSPS) is 12.7. The van der Waals surface area contributed by atoms with Crippen LogP contribution in [-0.2, 0) is 20.2 Å². The molecule has 0 bridgehead atoms. The predicted molar refractivity (Wildman–Crippen MR) is 127 cm³/mol. The molecule has 5 N–H and O–H groups in total. The molecule has 0 unspecified atom stereocenters. The molecule has 12 heteroatoms. The number of phenols is 1. The Morgan fingerprint density at radius 3 is 2.12 bits per heavy atom. The lowest BCUT2D eigenvalue weighted by Crippen LogP contribution is -2.04. The fourth-order valence-electron chi connectivity index (χ4n) is 3.83. The first-order chi connectivity index (χ1) is 15.8. The largest absolute Gasteiger partial charge is 0.505 e. The molecule has 0 spiro atoms. The third kappa shape index (κ3) is 4.19. The molecule has 0 aromatic heterocycles. The summed E-state index contributed by atoms with van der Waals surface area (Å²) < 4.78 is 67.7. The lowest BCUT2D eigenvalue weighted by atomic mass is 10.0. The maximum Gasteiger partial charge on any atom is 0.297 e. The Kier molecular flexibility index (Phi) is 5.56. The van der Waals surface area contributed by atoms with Gasteiger partial charge in [-0.05, 0) is 72.8 Å². The number of aromatic hydroxyl groups is 1. The Labute approximate surface area is 194 Å². The molecule has 4 aromatic rings. The van der Waals surface area contributed by atoms with Gasteiger partial charge in [-0.25, -0.2) is 0 Å². The molecular weight excluding hydrogens is 482 g/mol. The summed E-state index contributed by atoms with van der Waals surface area (Å²) in [6.07, 6.45) is 0. The van der Waals surface area contributed by atoms with E-state index in [0.717, 1.165) is 6.07 Å². The summed E-state index contributed by atoms with van der Waals surface area (Å²) in [6.45, 7) is 3.17. The highest BCUT2D eigenvalue weighted by Crippen LogP contribution is 2.41. The van der Waals surface area contributed by atoms with E-state index < -0.39 is 30.0 Å². The maximum atomic E-state index is 12.3. The third-order valence-electron chi connectivity index (χ3n) is 5.27. The number of anilines is 1. The smallest absolute Gasteiger partial charge is 0.297 e. The van der Waals surface area contributed by atoms with Crippen molar-refractivity contribution in [2.75, 3.05) is 5.73 Å². The van der Waals surface area contributed by atoms with E-state index in [4.69, 9.17) is 5.73 Å². The van der Waals surface area contributed by atoms with E-state index in [1.807, 2.05) is 0 Å². The Morgan fingerprint density at radius 1 is 0.794 bits per heavy atom. The van der Waals surface area contributed by atoms with Gasteiger partial charge in [-0.2, -0.15) is 16.8 Å². The van der Waals surface area contributed by atoms with Crippen LogP contribution in [0, 0.1) is 13.8 Å². The topological polar surface area (TPSA) is 180 Å². The number of hydrogen-bond acceptors (Lipinski definition) is 8. The van der Waals surface area contributed by atoms with Crippen molar-refractivity contribution in [3.05, 3.63) is 59.7 Å². The standard InChI is InChI=1S/C22H19N3O7S2/c1-11-7-17-16(19(8-11)33(27,28)29)5-6-18(22(17)34(30,31)32)24-25-20-12(2)9-13-10-14(23)3-4-15(13)21(20)26/h3-10,26H,23H2,1-2H3,(H,27,28,29)(H,30,31,32). The highest BCUT2D eigenvalue weighted by Gasteiger charge is 2.24. The minimum absolute atomic E-state index is 0.0709. The number of nitrogen functional groups attached to an aromatic ring is 1. The van der Waals surface area contributed by atoms with Gasteiger partial charge < -0.3 is 10.8 Å². The fraction of sp³-hybridized carbons (Fsp3) is 0.0909. The van der Waals surface area contributed by atoms with Gasteiger partial charge in [0.15, 0.2) is 5.75 Å². The lowest BCUT2D eigenvalue weighted by Gasteiger charge is -2.11. The molecule has 0 heterocycles.